The van der Waals surface area contributed by atoms with Gasteiger partial charge in [0.2, 0.25) is 0 Å². The van der Waals surface area contributed by atoms with Crippen LogP contribution >= 0.6 is 0 Å². The fourth-order valence-electron chi connectivity index (χ4n) is 1.56. The van der Waals surface area contributed by atoms with Crippen molar-refractivity contribution in [2.45, 2.75) is 13.8 Å². The summed E-state index contributed by atoms with van der Waals surface area (Å²) in [4.78, 5) is 3.95. The van der Waals surface area contributed by atoms with Crippen LogP contribution in [0, 0.1) is 13.8 Å². The molecule has 0 unspecified atom stereocenters. The van der Waals surface area contributed by atoms with E-state index in [1.165, 1.54) is 11.1 Å². The topological polar surface area (TPSA) is 37.3 Å². The first-order valence-electron chi connectivity index (χ1n) is 5.52. The molecule has 0 fully saturated rings. The Morgan fingerprint density at radius 1 is 1.12 bits per heavy atom. The number of rotatable bonds is 3. The number of nitrogens with one attached hydrogen (secondary N) is 1. The molecule has 0 amide bonds. The molecule has 1 aromatic heterocycles. The maximum Gasteiger partial charge on any atom is 0.0591 e. The highest BCUT2D eigenvalue weighted by Gasteiger charge is 1.95. The van der Waals surface area contributed by atoms with Crippen LogP contribution < -0.4 is 5.43 Å². The third-order valence-corrected chi connectivity index (χ3v) is 2.49. The molecule has 1 heterocycles. The summed E-state index contributed by atoms with van der Waals surface area (Å²) in [7, 11) is 0. The number of hydrazone groups is 1. The molecule has 2 rings (SSSR count). The number of pyridine rings is 1. The Morgan fingerprint density at radius 2 is 1.88 bits per heavy atom. The van der Waals surface area contributed by atoms with E-state index >= 15 is 0 Å². The van der Waals surface area contributed by atoms with Gasteiger partial charge in [0.25, 0.3) is 0 Å². The lowest BCUT2D eigenvalue weighted by Gasteiger charge is -2.05. The Kier molecular flexibility index (Phi) is 3.50. The first kappa shape index (κ1) is 11.3. The molecule has 0 bridgehead atoms. The highest BCUT2D eigenvalue weighted by atomic mass is 15.3. The summed E-state index contributed by atoms with van der Waals surface area (Å²) in [5, 5.41) is 4.20. The number of nitrogens with zero attached hydrogens (tertiary/aromatic N) is 2. The van der Waals surface area contributed by atoms with Crippen molar-refractivity contribution in [2.24, 2.45) is 5.10 Å². The van der Waals surface area contributed by atoms with Gasteiger partial charge in [-0.3, -0.25) is 10.4 Å². The van der Waals surface area contributed by atoms with Crippen LogP contribution in [0.4, 0.5) is 5.69 Å². The van der Waals surface area contributed by atoms with Crippen molar-refractivity contribution in [3.05, 3.63) is 59.4 Å². The minimum absolute atomic E-state index is 1.03. The van der Waals surface area contributed by atoms with Crippen molar-refractivity contribution in [1.82, 2.24) is 4.98 Å². The van der Waals surface area contributed by atoms with Crippen molar-refractivity contribution in [2.75, 3.05) is 5.43 Å². The first-order valence-corrected chi connectivity index (χ1v) is 5.52. The highest BCUT2D eigenvalue weighted by molar-refractivity contribution is 5.79. The average Bonchev–Trinajstić information content (AvgIpc) is 2.33. The number of aromatic nitrogens is 1. The lowest BCUT2D eigenvalue weighted by Crippen LogP contribution is -1.93. The molecule has 0 radical (unpaired) electrons. The SMILES string of the molecule is Cc1ccc(N/N=C/c2ccncc2)c(C)c1. The highest BCUT2D eigenvalue weighted by Crippen LogP contribution is 2.15. The molecule has 0 atom stereocenters. The van der Waals surface area contributed by atoms with Gasteiger partial charge in [-0.05, 0) is 43.2 Å². The minimum atomic E-state index is 1.03. The molecular weight excluding hydrogens is 210 g/mol. The maximum atomic E-state index is 4.20. The van der Waals surface area contributed by atoms with E-state index < -0.39 is 0 Å². The zero-order chi connectivity index (χ0) is 12.1. The molecule has 0 aliphatic rings. The van der Waals surface area contributed by atoms with Crippen LogP contribution in [0.25, 0.3) is 0 Å². The Hall–Kier alpha value is -2.16. The summed E-state index contributed by atoms with van der Waals surface area (Å²) < 4.78 is 0. The average molecular weight is 225 g/mol. The van der Waals surface area contributed by atoms with Crippen molar-refractivity contribution in [1.29, 1.82) is 0 Å². The van der Waals surface area contributed by atoms with Gasteiger partial charge in [0.05, 0.1) is 11.9 Å². The third-order valence-electron chi connectivity index (χ3n) is 2.49. The second-order valence-electron chi connectivity index (χ2n) is 3.97. The zero-order valence-electron chi connectivity index (χ0n) is 10.0. The fraction of sp³-hybridized carbons (Fsp3) is 0.143. The van der Waals surface area contributed by atoms with Crippen LogP contribution in [0.5, 0.6) is 0 Å². The van der Waals surface area contributed by atoms with Crippen molar-refractivity contribution in [3.8, 4) is 0 Å². The van der Waals surface area contributed by atoms with E-state index in [-0.39, 0.29) is 0 Å². The van der Waals surface area contributed by atoms with Gasteiger partial charge < -0.3 is 0 Å². The molecule has 1 aromatic carbocycles. The number of aryl methyl sites for hydroxylation is 2. The van der Waals surface area contributed by atoms with E-state index in [4.69, 9.17) is 0 Å². The predicted molar refractivity (Wildman–Crippen MR) is 71.4 cm³/mol. The van der Waals surface area contributed by atoms with Gasteiger partial charge in [-0.15, -0.1) is 0 Å². The van der Waals surface area contributed by atoms with Crippen LogP contribution in [-0.2, 0) is 0 Å². The van der Waals surface area contributed by atoms with E-state index in [9.17, 15) is 0 Å². The number of hydrogen-bond acceptors (Lipinski definition) is 3. The largest absolute Gasteiger partial charge is 0.278 e. The first-order chi connectivity index (χ1) is 8.25. The molecule has 17 heavy (non-hydrogen) atoms. The fourth-order valence-corrected chi connectivity index (χ4v) is 1.56. The van der Waals surface area contributed by atoms with Gasteiger partial charge in [-0.1, -0.05) is 17.7 Å². The van der Waals surface area contributed by atoms with Crippen molar-refractivity contribution < 1.29 is 0 Å². The summed E-state index contributed by atoms with van der Waals surface area (Å²) in [5.41, 5.74) is 7.54. The van der Waals surface area contributed by atoms with Crippen LogP contribution in [0.2, 0.25) is 0 Å². The van der Waals surface area contributed by atoms with Gasteiger partial charge in [-0.25, -0.2) is 0 Å². The van der Waals surface area contributed by atoms with E-state index in [2.05, 4.69) is 41.5 Å². The summed E-state index contributed by atoms with van der Waals surface area (Å²) in [6, 6.07) is 10.1. The van der Waals surface area contributed by atoms with Gasteiger partial charge >= 0.3 is 0 Å². The molecule has 1 N–H and O–H groups in total. The van der Waals surface area contributed by atoms with E-state index in [0.29, 0.717) is 0 Å². The second-order valence-corrected chi connectivity index (χ2v) is 3.97. The molecule has 86 valence electrons. The van der Waals surface area contributed by atoms with Crippen molar-refractivity contribution >= 4 is 11.9 Å². The molecule has 3 nitrogen and oxygen atoms in total. The Labute approximate surface area is 101 Å². The number of benzene rings is 1. The summed E-state index contributed by atoms with van der Waals surface area (Å²) in [6.45, 7) is 4.15. The molecule has 0 saturated heterocycles. The monoisotopic (exact) mass is 225 g/mol. The molecule has 0 saturated carbocycles. The van der Waals surface area contributed by atoms with Gasteiger partial charge in [-0.2, -0.15) is 5.10 Å². The van der Waals surface area contributed by atoms with E-state index in [0.717, 1.165) is 11.3 Å². The summed E-state index contributed by atoms with van der Waals surface area (Å²) in [6.07, 6.45) is 5.28. The maximum absolute atomic E-state index is 4.20. The summed E-state index contributed by atoms with van der Waals surface area (Å²) >= 11 is 0. The molecule has 2 aromatic rings. The van der Waals surface area contributed by atoms with Crippen LogP contribution in [0.15, 0.2) is 47.8 Å². The van der Waals surface area contributed by atoms with Gasteiger partial charge in [0.1, 0.15) is 0 Å². The van der Waals surface area contributed by atoms with E-state index in [1.807, 2.05) is 18.2 Å². The molecule has 0 aliphatic heterocycles. The molecule has 0 aliphatic carbocycles. The number of hydrogen-bond donors (Lipinski definition) is 1. The molecule has 3 heteroatoms. The van der Waals surface area contributed by atoms with Crippen molar-refractivity contribution in [3.63, 3.8) is 0 Å². The summed E-state index contributed by atoms with van der Waals surface area (Å²) in [5.74, 6) is 0. The Bertz CT molecular complexity index is 518. The Balaban J connectivity index is 2.05. The van der Waals surface area contributed by atoms with Crippen LogP contribution in [0.1, 0.15) is 16.7 Å². The van der Waals surface area contributed by atoms with Crippen LogP contribution in [0.3, 0.4) is 0 Å². The molecular formula is C14H15N3. The number of anilines is 1. The molecule has 0 spiro atoms. The van der Waals surface area contributed by atoms with E-state index in [1.54, 1.807) is 18.6 Å². The Morgan fingerprint density at radius 3 is 2.59 bits per heavy atom. The quantitative estimate of drug-likeness (QED) is 0.643. The lowest BCUT2D eigenvalue weighted by atomic mass is 10.1. The third kappa shape index (κ3) is 3.14. The van der Waals surface area contributed by atoms with Crippen LogP contribution in [-0.4, -0.2) is 11.2 Å². The standard InChI is InChI=1S/C14H15N3/c1-11-3-4-14(12(2)9-11)17-16-10-13-5-7-15-8-6-13/h3-10,17H,1-2H3/b16-10+. The zero-order valence-corrected chi connectivity index (χ0v) is 10.0. The minimum Gasteiger partial charge on any atom is -0.278 e. The van der Waals surface area contributed by atoms with Gasteiger partial charge in [0, 0.05) is 12.4 Å². The van der Waals surface area contributed by atoms with Gasteiger partial charge in [0.15, 0.2) is 0 Å². The second kappa shape index (κ2) is 5.25. The smallest absolute Gasteiger partial charge is 0.0591 e. The lowest BCUT2D eigenvalue weighted by molar-refractivity contribution is 1.28. The predicted octanol–water partition coefficient (Wildman–Crippen LogP) is 3.14. The normalized spacial score (nSPS) is 10.7.